The van der Waals surface area contributed by atoms with Gasteiger partial charge in [-0.1, -0.05) is 31.0 Å². The second-order valence-corrected chi connectivity index (χ2v) is 7.60. The average molecular weight is 406 g/mol. The zero-order valence-electron chi connectivity index (χ0n) is 15.1. The molecule has 142 valence electrons. The van der Waals surface area contributed by atoms with Gasteiger partial charge in [0.2, 0.25) is 5.91 Å². The van der Waals surface area contributed by atoms with E-state index in [2.05, 4.69) is 0 Å². The summed E-state index contributed by atoms with van der Waals surface area (Å²) in [6, 6.07) is 8.65. The van der Waals surface area contributed by atoms with Crippen LogP contribution in [0.2, 0.25) is 5.02 Å². The van der Waals surface area contributed by atoms with Crippen molar-refractivity contribution in [3.8, 4) is 0 Å². The summed E-state index contributed by atoms with van der Waals surface area (Å²) in [6.07, 6.45) is 1.59. The van der Waals surface area contributed by atoms with Crippen LogP contribution in [0.4, 0.5) is 5.69 Å². The monoisotopic (exact) mass is 405 g/mol. The smallest absolute Gasteiger partial charge is 0.314 e. The van der Waals surface area contributed by atoms with Crippen LogP contribution < -0.4 is 16.1 Å². The second-order valence-electron chi connectivity index (χ2n) is 6.25. The summed E-state index contributed by atoms with van der Waals surface area (Å²) in [7, 11) is 1.64. The van der Waals surface area contributed by atoms with Crippen molar-refractivity contribution in [2.45, 2.75) is 32.9 Å². The Hall–Kier alpha value is -2.38. The van der Waals surface area contributed by atoms with Crippen LogP contribution in [0.5, 0.6) is 0 Å². The van der Waals surface area contributed by atoms with Crippen LogP contribution in [0.15, 0.2) is 45.3 Å². The van der Waals surface area contributed by atoms with Crippen LogP contribution in [0.1, 0.15) is 19.8 Å². The van der Waals surface area contributed by atoms with Crippen molar-refractivity contribution in [1.82, 2.24) is 9.13 Å². The number of rotatable bonds is 6. The fraction of sp³-hybridized carbons (Fsp3) is 0.316. The maximum absolute atomic E-state index is 12.9. The third-order valence-electron chi connectivity index (χ3n) is 4.43. The number of halogens is 1. The lowest BCUT2D eigenvalue weighted by Gasteiger charge is -2.19. The second kappa shape index (κ2) is 8.10. The number of anilines is 1. The highest BCUT2D eigenvalue weighted by Crippen LogP contribution is 2.19. The van der Waals surface area contributed by atoms with Gasteiger partial charge in [0.05, 0.1) is 5.52 Å². The number of nitrogens with zero attached hydrogens (tertiary/aromatic N) is 3. The molecule has 0 spiro atoms. The first kappa shape index (κ1) is 19.4. The summed E-state index contributed by atoms with van der Waals surface area (Å²) in [4.78, 5) is 39.7. The Balaban J connectivity index is 2.01. The van der Waals surface area contributed by atoms with E-state index in [1.165, 1.54) is 25.4 Å². The van der Waals surface area contributed by atoms with E-state index in [0.29, 0.717) is 27.5 Å². The first-order chi connectivity index (χ1) is 12.9. The summed E-state index contributed by atoms with van der Waals surface area (Å²) in [5.74, 6) is -0.271. The first-order valence-corrected chi connectivity index (χ1v) is 9.92. The molecule has 0 N–H and O–H groups in total. The number of carbonyl (C=O) groups excluding carboxylic acids is 1. The van der Waals surface area contributed by atoms with E-state index in [4.69, 9.17) is 11.6 Å². The van der Waals surface area contributed by atoms with Crippen molar-refractivity contribution >= 4 is 44.7 Å². The number of likely N-dealkylation sites (N-methyl/N-ethyl adjacent to an activating group) is 1. The maximum atomic E-state index is 12.9. The molecule has 8 heteroatoms. The van der Waals surface area contributed by atoms with Crippen LogP contribution >= 0.6 is 22.9 Å². The largest absolute Gasteiger partial charge is 0.332 e. The molecule has 2 heterocycles. The van der Waals surface area contributed by atoms with Gasteiger partial charge in [0, 0.05) is 24.3 Å². The molecule has 6 nitrogen and oxygen atoms in total. The summed E-state index contributed by atoms with van der Waals surface area (Å²) in [6.45, 7) is 2.19. The quantitative estimate of drug-likeness (QED) is 0.631. The van der Waals surface area contributed by atoms with E-state index >= 15 is 0 Å². The molecular weight excluding hydrogens is 386 g/mol. The molecule has 0 atom stereocenters. The van der Waals surface area contributed by atoms with Gasteiger partial charge in [-0.2, -0.15) is 0 Å². The molecule has 0 fully saturated rings. The summed E-state index contributed by atoms with van der Waals surface area (Å²) < 4.78 is 3.10. The van der Waals surface area contributed by atoms with E-state index in [1.54, 1.807) is 42.8 Å². The first-order valence-electron chi connectivity index (χ1n) is 8.67. The molecule has 3 rings (SSSR count). The van der Waals surface area contributed by atoms with Crippen molar-refractivity contribution in [1.29, 1.82) is 0 Å². The van der Waals surface area contributed by atoms with E-state index in [0.717, 1.165) is 12.8 Å². The molecule has 0 aliphatic rings. The Morgan fingerprint density at radius 1 is 1.22 bits per heavy atom. The highest BCUT2D eigenvalue weighted by molar-refractivity contribution is 7.17. The topological polar surface area (TPSA) is 64.3 Å². The minimum atomic E-state index is -0.452. The van der Waals surface area contributed by atoms with Crippen LogP contribution in [0.25, 0.3) is 10.2 Å². The summed E-state index contributed by atoms with van der Waals surface area (Å²) >= 11 is 7.28. The highest BCUT2D eigenvalue weighted by Gasteiger charge is 2.18. The summed E-state index contributed by atoms with van der Waals surface area (Å²) in [5.41, 5.74) is 0.398. The molecule has 0 unspecified atom stereocenters. The van der Waals surface area contributed by atoms with E-state index in [-0.39, 0.29) is 18.0 Å². The van der Waals surface area contributed by atoms with Crippen molar-refractivity contribution in [2.24, 2.45) is 0 Å². The normalized spacial score (nSPS) is 11.1. The minimum Gasteiger partial charge on any atom is -0.314 e. The fourth-order valence-corrected chi connectivity index (χ4v) is 3.90. The van der Waals surface area contributed by atoms with Crippen molar-refractivity contribution in [2.75, 3.05) is 11.9 Å². The van der Waals surface area contributed by atoms with Crippen molar-refractivity contribution < 1.29 is 4.79 Å². The van der Waals surface area contributed by atoms with E-state index in [1.807, 2.05) is 6.92 Å². The Kier molecular flexibility index (Phi) is 5.82. The number of benzene rings is 1. The van der Waals surface area contributed by atoms with Gasteiger partial charge < -0.3 is 4.90 Å². The zero-order valence-corrected chi connectivity index (χ0v) is 16.7. The molecule has 1 aromatic carbocycles. The third kappa shape index (κ3) is 3.84. The Bertz CT molecular complexity index is 1100. The van der Waals surface area contributed by atoms with Crippen molar-refractivity contribution in [3.05, 3.63) is 61.6 Å². The SMILES string of the molecule is CCCCn1c(=O)c2sccc2n(CC(=O)N(C)c2cccc(Cl)c2)c1=O. The van der Waals surface area contributed by atoms with Gasteiger partial charge in [-0.25, -0.2) is 4.79 Å². The predicted octanol–water partition coefficient (Wildman–Crippen LogP) is 3.34. The molecule has 0 saturated carbocycles. The number of hydrogen-bond donors (Lipinski definition) is 0. The number of amides is 1. The fourth-order valence-electron chi connectivity index (χ4n) is 2.87. The standard InChI is InChI=1S/C19H20ClN3O3S/c1-3-4-9-22-18(25)17-15(8-10-27-17)23(19(22)26)12-16(24)21(2)14-7-5-6-13(20)11-14/h5-8,10-11H,3-4,9,12H2,1-2H3. The van der Waals surface area contributed by atoms with Gasteiger partial charge in [0.25, 0.3) is 5.56 Å². The number of thiophene rings is 1. The third-order valence-corrected chi connectivity index (χ3v) is 5.56. The Labute approximate surface area is 165 Å². The lowest BCUT2D eigenvalue weighted by atomic mass is 10.3. The van der Waals surface area contributed by atoms with Gasteiger partial charge in [0.1, 0.15) is 11.2 Å². The molecule has 0 aliphatic carbocycles. The van der Waals surface area contributed by atoms with Crippen LogP contribution in [0, 0.1) is 0 Å². The van der Waals surface area contributed by atoms with Gasteiger partial charge >= 0.3 is 5.69 Å². The van der Waals surface area contributed by atoms with E-state index < -0.39 is 5.69 Å². The van der Waals surface area contributed by atoms with Gasteiger partial charge in [-0.15, -0.1) is 11.3 Å². The predicted molar refractivity (Wildman–Crippen MR) is 110 cm³/mol. The van der Waals surface area contributed by atoms with Crippen LogP contribution in [0.3, 0.4) is 0 Å². The molecule has 0 aliphatic heterocycles. The molecule has 0 bridgehead atoms. The number of unbranched alkanes of at least 4 members (excludes halogenated alkanes) is 1. The van der Waals surface area contributed by atoms with E-state index in [9.17, 15) is 14.4 Å². The Morgan fingerprint density at radius 3 is 2.70 bits per heavy atom. The minimum absolute atomic E-state index is 0.151. The maximum Gasteiger partial charge on any atom is 0.332 e. The lowest BCUT2D eigenvalue weighted by molar-refractivity contribution is -0.118. The number of carbonyl (C=O) groups is 1. The molecule has 2 aromatic heterocycles. The molecule has 0 saturated heterocycles. The molecule has 1 amide bonds. The molecular formula is C19H20ClN3O3S. The van der Waals surface area contributed by atoms with Gasteiger partial charge in [0.15, 0.2) is 0 Å². The van der Waals surface area contributed by atoms with Crippen molar-refractivity contribution in [3.63, 3.8) is 0 Å². The summed E-state index contributed by atoms with van der Waals surface area (Å²) in [5, 5.41) is 2.29. The molecule has 3 aromatic rings. The molecule has 27 heavy (non-hydrogen) atoms. The van der Waals surface area contributed by atoms with Gasteiger partial charge in [-0.05, 0) is 36.1 Å². The lowest BCUT2D eigenvalue weighted by Crippen LogP contribution is -2.42. The zero-order chi connectivity index (χ0) is 19.6. The number of aromatic nitrogens is 2. The van der Waals surface area contributed by atoms with Crippen LogP contribution in [-0.2, 0) is 17.9 Å². The number of hydrogen-bond acceptors (Lipinski definition) is 4. The number of fused-ring (bicyclic) bond motifs is 1. The average Bonchev–Trinajstić information content (AvgIpc) is 3.14. The molecule has 0 radical (unpaired) electrons. The van der Waals surface area contributed by atoms with Crippen LogP contribution in [-0.4, -0.2) is 22.1 Å². The highest BCUT2D eigenvalue weighted by atomic mass is 35.5. The van der Waals surface area contributed by atoms with Gasteiger partial charge in [-0.3, -0.25) is 18.7 Å². The Morgan fingerprint density at radius 2 is 2.00 bits per heavy atom.